The van der Waals surface area contributed by atoms with Crippen LogP contribution in [0.25, 0.3) is 10.2 Å². The number of carbonyl (C=O) groups is 1. The molecule has 10 heteroatoms. The minimum Gasteiger partial charge on any atom is -0.482 e. The second-order valence-electron chi connectivity index (χ2n) is 5.66. The molecule has 2 N–H and O–H groups in total. The zero-order valence-electron chi connectivity index (χ0n) is 14.4. The summed E-state index contributed by atoms with van der Waals surface area (Å²) in [7, 11) is 0. The van der Waals surface area contributed by atoms with Crippen molar-refractivity contribution in [1.82, 2.24) is 9.66 Å². The van der Waals surface area contributed by atoms with Gasteiger partial charge in [0.1, 0.15) is 10.6 Å². The van der Waals surface area contributed by atoms with Gasteiger partial charge >= 0.3 is 0 Å². The summed E-state index contributed by atoms with van der Waals surface area (Å²) >= 11 is 16.1. The first-order chi connectivity index (χ1) is 12.8. The minimum atomic E-state index is -0.528. The maximum Gasteiger partial charge on any atom is 0.282 e. The van der Waals surface area contributed by atoms with Crippen molar-refractivity contribution < 1.29 is 9.53 Å². The van der Waals surface area contributed by atoms with Crippen molar-refractivity contribution in [1.29, 1.82) is 0 Å². The van der Waals surface area contributed by atoms with Gasteiger partial charge in [-0.2, -0.15) is 4.68 Å². The number of nitrogens with zero attached hydrogens (tertiary/aromatic N) is 1. The lowest BCUT2D eigenvalue weighted by atomic mass is 10.1. The number of benzene rings is 1. The number of thiophene rings is 1. The topological polar surface area (TPSA) is 76.1 Å². The zero-order valence-corrected chi connectivity index (χ0v) is 18.4. The van der Waals surface area contributed by atoms with Crippen LogP contribution in [0.5, 0.6) is 5.75 Å². The Morgan fingerprint density at radius 1 is 1.48 bits per heavy atom. The van der Waals surface area contributed by atoms with E-state index in [9.17, 15) is 9.59 Å². The van der Waals surface area contributed by atoms with Gasteiger partial charge in [-0.15, -0.1) is 11.3 Å². The fourth-order valence-electron chi connectivity index (χ4n) is 2.67. The molecule has 0 fully saturated rings. The zero-order chi connectivity index (χ0) is 19.7. The summed E-state index contributed by atoms with van der Waals surface area (Å²) in [4.78, 5) is 29.9. The summed E-state index contributed by atoms with van der Waals surface area (Å²) in [5.74, 6) is -0.162. The highest BCUT2D eigenvalue weighted by Gasteiger charge is 2.16. The molecule has 0 aliphatic heterocycles. The highest BCUT2D eigenvalue weighted by molar-refractivity contribution is 9.10. The van der Waals surface area contributed by atoms with Crippen LogP contribution in [0.2, 0.25) is 5.02 Å². The lowest BCUT2D eigenvalue weighted by Gasteiger charge is -2.11. The number of hydrogen-bond donors (Lipinski definition) is 2. The van der Waals surface area contributed by atoms with Gasteiger partial charge in [0.15, 0.2) is 6.61 Å². The third-order valence-electron chi connectivity index (χ3n) is 3.89. The van der Waals surface area contributed by atoms with Gasteiger partial charge in [0.05, 0.1) is 10.4 Å². The lowest BCUT2D eigenvalue weighted by Crippen LogP contribution is -2.36. The smallest absolute Gasteiger partial charge is 0.282 e. The molecule has 0 aliphatic carbocycles. The van der Waals surface area contributed by atoms with Crippen LogP contribution in [0.4, 0.5) is 0 Å². The molecular weight excluding hydrogens is 474 g/mol. The van der Waals surface area contributed by atoms with Gasteiger partial charge < -0.3 is 9.72 Å². The molecule has 0 unspecified atom stereocenters. The van der Waals surface area contributed by atoms with E-state index in [1.807, 2.05) is 13.8 Å². The summed E-state index contributed by atoms with van der Waals surface area (Å²) in [5, 5.41) is 0.917. The van der Waals surface area contributed by atoms with E-state index < -0.39 is 5.91 Å². The molecule has 0 aliphatic rings. The number of carbonyl (C=O) groups excluding carboxylic acids is 1. The quantitative estimate of drug-likeness (QED) is 0.516. The second kappa shape index (κ2) is 8.14. The van der Waals surface area contributed by atoms with E-state index in [4.69, 9.17) is 28.6 Å². The third-order valence-corrected chi connectivity index (χ3v) is 6.03. The van der Waals surface area contributed by atoms with Crippen LogP contribution < -0.4 is 15.7 Å². The lowest BCUT2D eigenvalue weighted by molar-refractivity contribution is -0.119. The first-order valence-electron chi connectivity index (χ1n) is 7.96. The van der Waals surface area contributed by atoms with Crippen LogP contribution in [0.15, 0.2) is 27.5 Å². The molecule has 0 radical (unpaired) electrons. The predicted molar refractivity (Wildman–Crippen MR) is 114 cm³/mol. The molecule has 3 rings (SSSR count). The molecule has 6 nitrogen and oxygen atoms in total. The van der Waals surface area contributed by atoms with Gasteiger partial charge in [-0.05, 0) is 49.3 Å². The fraction of sp³-hybridized carbons (Fsp3) is 0.235. The van der Waals surface area contributed by atoms with Crippen molar-refractivity contribution in [3.8, 4) is 5.75 Å². The number of nitrogens with one attached hydrogen (secondary N) is 2. The summed E-state index contributed by atoms with van der Waals surface area (Å²) in [6, 6.07) is 5.06. The molecule has 3 aromatic rings. The Labute approximate surface area is 177 Å². The van der Waals surface area contributed by atoms with Crippen molar-refractivity contribution in [3.05, 3.63) is 53.3 Å². The van der Waals surface area contributed by atoms with Gasteiger partial charge in [0.25, 0.3) is 11.5 Å². The van der Waals surface area contributed by atoms with Crippen molar-refractivity contribution in [2.45, 2.75) is 20.3 Å². The van der Waals surface area contributed by atoms with Crippen LogP contribution in [-0.2, 0) is 11.2 Å². The molecule has 0 saturated carbocycles. The van der Waals surface area contributed by atoms with Crippen LogP contribution in [0.1, 0.15) is 17.4 Å². The highest BCUT2D eigenvalue weighted by Crippen LogP contribution is 2.28. The standard InChI is InChI=1S/C17H15BrClN3O3S2/c1-3-10-8(2)27-15-14(10)16(24)22(17(26)20-15)21-13(23)7-25-12-5-4-9(18)6-11(12)19/h4-6H,3,7H2,1-2H3,(H,20,26)(H,21,23). The number of ether oxygens (including phenoxy) is 1. The van der Waals surface area contributed by atoms with Gasteiger partial charge in [-0.1, -0.05) is 34.5 Å². The van der Waals surface area contributed by atoms with Crippen LogP contribution >= 0.6 is 51.1 Å². The average molecular weight is 489 g/mol. The molecule has 2 heterocycles. The van der Waals surface area contributed by atoms with Crippen molar-refractivity contribution in [2.24, 2.45) is 0 Å². The number of hydrogen-bond acceptors (Lipinski definition) is 5. The van der Waals surface area contributed by atoms with E-state index in [0.717, 1.165) is 19.6 Å². The van der Waals surface area contributed by atoms with Crippen LogP contribution in [0.3, 0.4) is 0 Å². The second-order valence-corrected chi connectivity index (χ2v) is 8.60. The Balaban J connectivity index is 1.84. The molecule has 27 heavy (non-hydrogen) atoms. The van der Waals surface area contributed by atoms with E-state index >= 15 is 0 Å². The van der Waals surface area contributed by atoms with Crippen molar-refractivity contribution in [2.75, 3.05) is 12.0 Å². The molecule has 0 bridgehead atoms. The first-order valence-corrected chi connectivity index (χ1v) is 10.4. The number of rotatable bonds is 5. The van der Waals surface area contributed by atoms with Crippen LogP contribution in [-0.4, -0.2) is 22.2 Å². The van der Waals surface area contributed by atoms with E-state index in [0.29, 0.717) is 27.4 Å². The average Bonchev–Trinajstić information content (AvgIpc) is 2.92. The summed E-state index contributed by atoms with van der Waals surface area (Å²) < 4.78 is 7.38. The Morgan fingerprint density at radius 2 is 2.22 bits per heavy atom. The van der Waals surface area contributed by atoms with E-state index in [1.54, 1.807) is 18.2 Å². The molecule has 0 atom stereocenters. The SMILES string of the molecule is CCc1c(C)sc2[nH]c(=S)n(NC(=O)COc3ccc(Br)cc3Cl)c(=O)c12. The Kier molecular flexibility index (Phi) is 6.05. The van der Waals surface area contributed by atoms with Crippen molar-refractivity contribution in [3.63, 3.8) is 0 Å². The highest BCUT2D eigenvalue weighted by atomic mass is 79.9. The summed E-state index contributed by atoms with van der Waals surface area (Å²) in [5.41, 5.74) is 3.08. The molecule has 1 aromatic carbocycles. The molecule has 142 valence electrons. The van der Waals surface area contributed by atoms with Gasteiger partial charge in [0.2, 0.25) is 4.77 Å². The van der Waals surface area contributed by atoms with E-state index in [2.05, 4.69) is 26.3 Å². The number of aromatic nitrogens is 2. The van der Waals surface area contributed by atoms with E-state index in [1.165, 1.54) is 11.3 Å². The number of aryl methyl sites for hydroxylation is 2. The van der Waals surface area contributed by atoms with E-state index in [-0.39, 0.29) is 16.9 Å². The molecule has 1 amide bonds. The van der Waals surface area contributed by atoms with Crippen molar-refractivity contribution >= 4 is 67.2 Å². The molecule has 2 aromatic heterocycles. The monoisotopic (exact) mass is 487 g/mol. The Hall–Kier alpha value is -1.68. The maximum absolute atomic E-state index is 12.8. The largest absolute Gasteiger partial charge is 0.482 e. The minimum absolute atomic E-state index is 0.117. The number of amides is 1. The number of aromatic amines is 1. The fourth-order valence-corrected chi connectivity index (χ4v) is 4.83. The normalized spacial score (nSPS) is 11.0. The predicted octanol–water partition coefficient (Wildman–Crippen LogP) is 4.56. The third kappa shape index (κ3) is 4.11. The van der Waals surface area contributed by atoms with Gasteiger partial charge in [0, 0.05) is 9.35 Å². The van der Waals surface area contributed by atoms with Gasteiger partial charge in [-0.25, -0.2) is 0 Å². The molecule has 0 saturated heterocycles. The maximum atomic E-state index is 12.8. The Bertz CT molecular complexity index is 1150. The number of H-pyrrole nitrogens is 1. The number of halogens is 2. The summed E-state index contributed by atoms with van der Waals surface area (Å²) in [6.07, 6.45) is 0.713. The number of fused-ring (bicyclic) bond motifs is 1. The van der Waals surface area contributed by atoms with Crippen LogP contribution in [0, 0.1) is 11.7 Å². The molecule has 0 spiro atoms. The molecular formula is C17H15BrClN3O3S2. The van der Waals surface area contributed by atoms with Gasteiger partial charge in [-0.3, -0.25) is 15.0 Å². The summed E-state index contributed by atoms with van der Waals surface area (Å²) in [6.45, 7) is 3.62. The Morgan fingerprint density at radius 3 is 2.89 bits per heavy atom. The first kappa shape index (κ1) is 20.1.